The molecule has 1 atom stereocenters. The number of carbonyl (C=O) groups is 1. The second kappa shape index (κ2) is 9.15. The van der Waals surface area contributed by atoms with Gasteiger partial charge in [-0.2, -0.15) is 0 Å². The number of piperidine rings is 1. The van der Waals surface area contributed by atoms with Crippen LogP contribution in [0.2, 0.25) is 0 Å². The van der Waals surface area contributed by atoms with Gasteiger partial charge in [0.25, 0.3) is 5.91 Å². The summed E-state index contributed by atoms with van der Waals surface area (Å²) in [6.45, 7) is 4.38. The number of para-hydroxylation sites is 1. The molecule has 2 saturated heterocycles. The van der Waals surface area contributed by atoms with E-state index in [0.29, 0.717) is 6.04 Å². The highest BCUT2D eigenvalue weighted by molar-refractivity contribution is 6.07. The van der Waals surface area contributed by atoms with Crippen molar-refractivity contribution in [3.63, 3.8) is 0 Å². The Bertz CT molecular complexity index is 1050. The van der Waals surface area contributed by atoms with Crippen molar-refractivity contribution < 1.29 is 4.79 Å². The lowest BCUT2D eigenvalue weighted by Gasteiger charge is -2.37. The molecule has 5 rings (SSSR count). The van der Waals surface area contributed by atoms with Crippen molar-refractivity contribution in [1.29, 1.82) is 0 Å². The Morgan fingerprint density at radius 2 is 1.74 bits per heavy atom. The number of rotatable bonds is 5. The van der Waals surface area contributed by atoms with Gasteiger partial charge in [0.15, 0.2) is 0 Å². The summed E-state index contributed by atoms with van der Waals surface area (Å²) in [6, 6.07) is 14.2. The molecule has 0 spiro atoms. The average Bonchev–Trinajstić information content (AvgIpc) is 3.36. The van der Waals surface area contributed by atoms with E-state index in [9.17, 15) is 4.79 Å². The molecule has 1 aromatic carbocycles. The summed E-state index contributed by atoms with van der Waals surface area (Å²) < 4.78 is 0. The number of pyridine rings is 2. The molecule has 3 aromatic rings. The van der Waals surface area contributed by atoms with Crippen molar-refractivity contribution >= 4 is 16.8 Å². The highest BCUT2D eigenvalue weighted by atomic mass is 16.2. The van der Waals surface area contributed by atoms with E-state index < -0.39 is 0 Å². The Morgan fingerprint density at radius 1 is 0.968 bits per heavy atom. The van der Waals surface area contributed by atoms with Crippen molar-refractivity contribution in [3.8, 4) is 11.3 Å². The van der Waals surface area contributed by atoms with Gasteiger partial charge in [-0.1, -0.05) is 18.2 Å². The molecule has 2 fully saturated rings. The van der Waals surface area contributed by atoms with Gasteiger partial charge in [-0.05, 0) is 75.9 Å². The van der Waals surface area contributed by atoms with Crippen LogP contribution in [0, 0.1) is 0 Å². The zero-order valence-corrected chi connectivity index (χ0v) is 18.0. The van der Waals surface area contributed by atoms with Gasteiger partial charge in [0.05, 0.1) is 16.8 Å². The summed E-state index contributed by atoms with van der Waals surface area (Å²) in [4.78, 5) is 27.5. The number of fused-ring (bicyclic) bond motifs is 1. The smallest absolute Gasteiger partial charge is 0.254 e. The maximum absolute atomic E-state index is 13.9. The number of carbonyl (C=O) groups excluding carboxylic acids is 1. The third kappa shape index (κ3) is 4.33. The van der Waals surface area contributed by atoms with Crippen LogP contribution >= 0.6 is 0 Å². The van der Waals surface area contributed by atoms with Gasteiger partial charge in [-0.15, -0.1) is 0 Å². The van der Waals surface area contributed by atoms with Gasteiger partial charge in [0.2, 0.25) is 0 Å². The summed E-state index contributed by atoms with van der Waals surface area (Å²) in [5.41, 5.74) is 3.45. The third-order valence-electron chi connectivity index (χ3n) is 6.79. The number of hydrogen-bond donors (Lipinski definition) is 0. The number of nitrogens with zero attached hydrogens (tertiary/aromatic N) is 4. The van der Waals surface area contributed by atoms with Gasteiger partial charge in [-0.25, -0.2) is 4.98 Å². The minimum atomic E-state index is 0.153. The Morgan fingerprint density at radius 3 is 2.58 bits per heavy atom. The minimum Gasteiger partial charge on any atom is -0.336 e. The molecule has 4 heterocycles. The summed E-state index contributed by atoms with van der Waals surface area (Å²) in [5.74, 6) is 0.153. The molecule has 0 unspecified atom stereocenters. The van der Waals surface area contributed by atoms with E-state index in [0.717, 1.165) is 60.1 Å². The highest BCUT2D eigenvalue weighted by Crippen LogP contribution is 2.29. The molecule has 0 aliphatic carbocycles. The quantitative estimate of drug-likeness (QED) is 0.603. The first-order chi connectivity index (χ1) is 15.3. The Hall–Kier alpha value is -2.79. The lowest BCUT2D eigenvalue weighted by molar-refractivity contribution is 0.0590. The van der Waals surface area contributed by atoms with Gasteiger partial charge in [0, 0.05) is 42.5 Å². The van der Waals surface area contributed by atoms with E-state index in [1.807, 2.05) is 42.5 Å². The molecule has 0 saturated carbocycles. The standard InChI is InChI=1S/C26H30N4O/c31-26(30-17-4-3-7-21(30)12-18-29-15-5-6-16-29)23-19-25(20-10-13-27-14-11-20)28-24-9-2-1-8-22(23)24/h1-2,8-11,13-14,19,21H,3-7,12,15-18H2/t21-/m0/s1. The Labute approximate surface area is 184 Å². The summed E-state index contributed by atoms with van der Waals surface area (Å²) in [7, 11) is 0. The number of benzene rings is 1. The highest BCUT2D eigenvalue weighted by Gasteiger charge is 2.29. The lowest BCUT2D eigenvalue weighted by Crippen LogP contribution is -2.45. The van der Waals surface area contributed by atoms with Crippen LogP contribution in [0.4, 0.5) is 0 Å². The van der Waals surface area contributed by atoms with Crippen LogP contribution in [0.3, 0.4) is 0 Å². The van der Waals surface area contributed by atoms with Crippen LogP contribution in [0.25, 0.3) is 22.2 Å². The fourth-order valence-corrected chi connectivity index (χ4v) is 5.08. The molecular formula is C26H30N4O. The van der Waals surface area contributed by atoms with Crippen LogP contribution in [0.5, 0.6) is 0 Å². The van der Waals surface area contributed by atoms with Gasteiger partial charge >= 0.3 is 0 Å². The maximum atomic E-state index is 13.9. The van der Waals surface area contributed by atoms with Gasteiger partial charge in [-0.3, -0.25) is 9.78 Å². The zero-order chi connectivity index (χ0) is 21.0. The molecule has 0 radical (unpaired) electrons. The third-order valence-corrected chi connectivity index (χ3v) is 6.79. The molecule has 0 bridgehead atoms. The number of amides is 1. The van der Waals surface area contributed by atoms with E-state index in [4.69, 9.17) is 4.98 Å². The van der Waals surface area contributed by atoms with Crippen molar-refractivity contribution in [2.75, 3.05) is 26.2 Å². The first kappa shape index (κ1) is 20.1. The Kier molecular flexibility index (Phi) is 5.94. The largest absolute Gasteiger partial charge is 0.336 e. The van der Waals surface area contributed by atoms with Crippen molar-refractivity contribution in [2.45, 2.75) is 44.6 Å². The molecular weight excluding hydrogens is 384 g/mol. The first-order valence-electron chi connectivity index (χ1n) is 11.6. The van der Waals surface area contributed by atoms with Crippen LogP contribution in [0.1, 0.15) is 48.9 Å². The van der Waals surface area contributed by atoms with Crippen molar-refractivity contribution in [1.82, 2.24) is 19.8 Å². The molecule has 1 amide bonds. The van der Waals surface area contributed by atoms with Crippen LogP contribution in [-0.2, 0) is 0 Å². The second-order valence-corrected chi connectivity index (χ2v) is 8.79. The van der Waals surface area contributed by atoms with Gasteiger partial charge < -0.3 is 9.80 Å². The number of hydrogen-bond acceptors (Lipinski definition) is 4. The predicted octanol–water partition coefficient (Wildman–Crippen LogP) is 4.78. The van der Waals surface area contributed by atoms with E-state index in [2.05, 4.69) is 14.8 Å². The van der Waals surface area contributed by atoms with E-state index >= 15 is 0 Å². The van der Waals surface area contributed by atoms with E-state index in [-0.39, 0.29) is 5.91 Å². The maximum Gasteiger partial charge on any atom is 0.254 e. The predicted molar refractivity (Wildman–Crippen MR) is 124 cm³/mol. The second-order valence-electron chi connectivity index (χ2n) is 8.79. The lowest BCUT2D eigenvalue weighted by atomic mass is 9.96. The summed E-state index contributed by atoms with van der Waals surface area (Å²) >= 11 is 0. The normalized spacial score (nSPS) is 19.7. The Balaban J connectivity index is 1.47. The molecule has 2 aliphatic rings. The topological polar surface area (TPSA) is 49.3 Å². The monoisotopic (exact) mass is 414 g/mol. The molecule has 5 heteroatoms. The molecule has 0 N–H and O–H groups in total. The molecule has 5 nitrogen and oxygen atoms in total. The summed E-state index contributed by atoms with van der Waals surface area (Å²) in [6.07, 6.45) is 10.7. The van der Waals surface area contributed by atoms with Gasteiger partial charge in [0.1, 0.15) is 0 Å². The van der Waals surface area contributed by atoms with E-state index in [1.54, 1.807) is 12.4 Å². The number of likely N-dealkylation sites (tertiary alicyclic amines) is 2. The van der Waals surface area contributed by atoms with Crippen LogP contribution in [0.15, 0.2) is 54.9 Å². The first-order valence-corrected chi connectivity index (χ1v) is 11.6. The average molecular weight is 415 g/mol. The SMILES string of the molecule is O=C(c1cc(-c2ccncc2)nc2ccccc12)N1CCCC[C@H]1CCN1CCCC1. The molecule has 2 aliphatic heterocycles. The number of aromatic nitrogens is 2. The van der Waals surface area contributed by atoms with E-state index in [1.165, 1.54) is 32.4 Å². The molecule has 160 valence electrons. The fraction of sp³-hybridized carbons (Fsp3) is 0.423. The van der Waals surface area contributed by atoms with Crippen molar-refractivity contribution in [3.05, 3.63) is 60.4 Å². The molecule has 31 heavy (non-hydrogen) atoms. The fourth-order valence-electron chi connectivity index (χ4n) is 5.08. The van der Waals surface area contributed by atoms with Crippen LogP contribution in [-0.4, -0.2) is 57.9 Å². The molecule has 2 aromatic heterocycles. The zero-order valence-electron chi connectivity index (χ0n) is 18.0. The van der Waals surface area contributed by atoms with Crippen molar-refractivity contribution in [2.24, 2.45) is 0 Å². The van der Waals surface area contributed by atoms with Crippen LogP contribution < -0.4 is 0 Å². The minimum absolute atomic E-state index is 0.153. The summed E-state index contributed by atoms with van der Waals surface area (Å²) in [5, 5.41) is 0.939.